The predicted molar refractivity (Wildman–Crippen MR) is 143 cm³/mol. The highest BCUT2D eigenvalue weighted by molar-refractivity contribution is 6.75. The highest BCUT2D eigenvalue weighted by Crippen LogP contribution is 2.52. The van der Waals surface area contributed by atoms with Gasteiger partial charge < -0.3 is 4.42 Å². The average molecular weight is 450 g/mol. The van der Waals surface area contributed by atoms with Gasteiger partial charge in [0.1, 0.15) is 11.2 Å². The number of nitrogens with zero attached hydrogens (tertiary/aromatic N) is 1. The molecule has 0 unspecified atom stereocenters. The van der Waals surface area contributed by atoms with Crippen LogP contribution in [-0.4, -0.2) is 13.1 Å². The van der Waals surface area contributed by atoms with Gasteiger partial charge in [-0.2, -0.15) is 0 Å². The van der Waals surface area contributed by atoms with Crippen molar-refractivity contribution in [1.29, 1.82) is 0 Å². The van der Waals surface area contributed by atoms with Crippen LogP contribution in [0.15, 0.2) is 53.1 Å². The van der Waals surface area contributed by atoms with E-state index in [1.54, 1.807) is 0 Å². The second-order valence-electron chi connectivity index (χ2n) is 11.6. The molecule has 0 amide bonds. The van der Waals surface area contributed by atoms with E-state index in [1.165, 1.54) is 54.9 Å². The van der Waals surface area contributed by atoms with Crippen LogP contribution in [0.25, 0.3) is 44.0 Å². The van der Waals surface area contributed by atoms with Crippen molar-refractivity contribution in [3.8, 4) is 11.3 Å². The Bertz CT molecular complexity index is 1610. The van der Waals surface area contributed by atoms with Crippen LogP contribution < -0.4 is 0 Å². The lowest BCUT2D eigenvalue weighted by Crippen LogP contribution is -2.24. The van der Waals surface area contributed by atoms with Crippen LogP contribution in [0.2, 0.25) is 19.6 Å². The van der Waals surface area contributed by atoms with Crippen LogP contribution in [0.5, 0.6) is 0 Å². The number of benzene rings is 3. The fraction of sp³-hybridized carbons (Fsp3) is 0.300. The Kier molecular flexibility index (Phi) is 4.12. The van der Waals surface area contributed by atoms with Crippen molar-refractivity contribution in [2.24, 2.45) is 0 Å². The fourth-order valence-electron chi connectivity index (χ4n) is 5.88. The molecule has 33 heavy (non-hydrogen) atoms. The average Bonchev–Trinajstić information content (AvgIpc) is 3.10. The van der Waals surface area contributed by atoms with Gasteiger partial charge in [0.15, 0.2) is 0 Å². The Labute approximate surface area is 196 Å². The first-order chi connectivity index (χ1) is 15.6. The van der Waals surface area contributed by atoms with Gasteiger partial charge in [0.05, 0.1) is 5.69 Å². The number of fused-ring (bicyclic) bond motifs is 4. The number of hydrogen-bond acceptors (Lipinski definition) is 2. The molecule has 0 saturated carbocycles. The van der Waals surface area contributed by atoms with Crippen LogP contribution >= 0.6 is 0 Å². The van der Waals surface area contributed by atoms with E-state index in [1.807, 2.05) is 6.20 Å². The van der Waals surface area contributed by atoms with E-state index in [-0.39, 0.29) is 5.41 Å². The maximum absolute atomic E-state index is 6.73. The first-order valence-corrected chi connectivity index (χ1v) is 15.7. The molecule has 166 valence electrons. The molecular formula is C30H31NOSi. The van der Waals surface area contributed by atoms with E-state index in [9.17, 15) is 0 Å². The van der Waals surface area contributed by atoms with Crippen molar-refractivity contribution in [3.63, 3.8) is 0 Å². The Hall–Kier alpha value is -2.91. The summed E-state index contributed by atoms with van der Waals surface area (Å²) in [5.74, 6) is 0. The lowest BCUT2D eigenvalue weighted by molar-refractivity contribution is 0.643. The number of aryl methyl sites for hydroxylation is 2. The molecule has 0 bridgehead atoms. The van der Waals surface area contributed by atoms with Crippen molar-refractivity contribution in [2.75, 3.05) is 0 Å². The zero-order valence-corrected chi connectivity index (χ0v) is 21.7. The summed E-state index contributed by atoms with van der Waals surface area (Å²) in [6, 6.07) is 17.0. The summed E-state index contributed by atoms with van der Waals surface area (Å²) in [7, 11) is -1.32. The van der Waals surface area contributed by atoms with Gasteiger partial charge in [-0.15, -0.1) is 0 Å². The first kappa shape index (κ1) is 20.7. The van der Waals surface area contributed by atoms with E-state index in [0.29, 0.717) is 0 Å². The number of aromatic nitrogens is 1. The van der Waals surface area contributed by atoms with E-state index in [4.69, 9.17) is 9.40 Å². The highest BCUT2D eigenvalue weighted by Gasteiger charge is 2.37. The molecule has 0 aliphatic heterocycles. The molecule has 0 atom stereocenters. The molecule has 0 radical (unpaired) electrons. The zero-order chi connectivity index (χ0) is 23.3. The number of hydrogen-bond donors (Lipinski definition) is 0. The van der Waals surface area contributed by atoms with Gasteiger partial charge in [-0.25, -0.2) is 0 Å². The molecule has 2 heterocycles. The van der Waals surface area contributed by atoms with Crippen molar-refractivity contribution in [2.45, 2.75) is 58.8 Å². The Morgan fingerprint density at radius 3 is 2.45 bits per heavy atom. The Balaban J connectivity index is 1.84. The van der Waals surface area contributed by atoms with E-state index < -0.39 is 8.07 Å². The normalized spacial score (nSPS) is 14.9. The minimum atomic E-state index is -1.32. The second kappa shape index (κ2) is 6.57. The molecule has 3 heteroatoms. The van der Waals surface area contributed by atoms with Gasteiger partial charge in [-0.05, 0) is 47.5 Å². The van der Waals surface area contributed by atoms with Crippen LogP contribution in [0, 0.1) is 13.8 Å². The molecular weight excluding hydrogens is 418 g/mol. The van der Waals surface area contributed by atoms with Gasteiger partial charge in [0, 0.05) is 41.4 Å². The summed E-state index contributed by atoms with van der Waals surface area (Å²) in [5, 5.41) is 5.04. The molecule has 3 aromatic carbocycles. The van der Waals surface area contributed by atoms with Crippen molar-refractivity contribution in [3.05, 3.63) is 76.5 Å². The van der Waals surface area contributed by atoms with Crippen LogP contribution in [-0.2, 0) is 11.5 Å². The minimum absolute atomic E-state index is 0.213. The van der Waals surface area contributed by atoms with Gasteiger partial charge in [-0.1, -0.05) is 81.5 Å². The van der Waals surface area contributed by atoms with Crippen LogP contribution in [0.1, 0.15) is 41.7 Å². The third-order valence-corrected chi connectivity index (χ3v) is 8.81. The largest absolute Gasteiger partial charge is 0.455 e. The molecule has 6 rings (SSSR count). The van der Waals surface area contributed by atoms with Gasteiger partial charge in [0.2, 0.25) is 0 Å². The maximum Gasteiger partial charge on any atom is 0.139 e. The summed E-state index contributed by atoms with van der Waals surface area (Å²) in [5.41, 5.74) is 10.7. The quantitative estimate of drug-likeness (QED) is 0.253. The van der Waals surface area contributed by atoms with Gasteiger partial charge in [-0.3, -0.25) is 4.98 Å². The van der Waals surface area contributed by atoms with E-state index >= 15 is 0 Å². The summed E-state index contributed by atoms with van der Waals surface area (Å²) < 4.78 is 6.73. The summed E-state index contributed by atoms with van der Waals surface area (Å²) in [4.78, 5) is 5.08. The summed E-state index contributed by atoms with van der Waals surface area (Å²) >= 11 is 0. The van der Waals surface area contributed by atoms with E-state index in [0.717, 1.165) is 22.9 Å². The number of furan rings is 1. The molecule has 0 spiro atoms. The van der Waals surface area contributed by atoms with Crippen molar-refractivity contribution >= 4 is 40.8 Å². The molecule has 5 aromatic rings. The lowest BCUT2D eigenvalue weighted by Gasteiger charge is -2.29. The van der Waals surface area contributed by atoms with Crippen LogP contribution in [0.3, 0.4) is 0 Å². The predicted octanol–water partition coefficient (Wildman–Crippen LogP) is 8.48. The van der Waals surface area contributed by atoms with Gasteiger partial charge in [0.25, 0.3) is 0 Å². The monoisotopic (exact) mass is 449 g/mol. The molecule has 0 fully saturated rings. The second-order valence-corrected chi connectivity index (χ2v) is 17.1. The SMILES string of the molecule is Cc1ccc2cnc3c(c2c1)C(C)(C)c1ccc(C[Si](C)(C)C)c2oc4c(C)ccc-3c4c12. The third-order valence-electron chi connectivity index (χ3n) is 7.37. The van der Waals surface area contributed by atoms with Gasteiger partial charge >= 0.3 is 0 Å². The topological polar surface area (TPSA) is 26.0 Å². The van der Waals surface area contributed by atoms with Crippen molar-refractivity contribution in [1.82, 2.24) is 4.98 Å². The summed E-state index contributed by atoms with van der Waals surface area (Å²) in [6.07, 6.45) is 2.04. The molecule has 0 N–H and O–H groups in total. The van der Waals surface area contributed by atoms with E-state index in [2.05, 4.69) is 89.8 Å². The first-order valence-electron chi connectivity index (χ1n) is 11.9. The Morgan fingerprint density at radius 2 is 1.70 bits per heavy atom. The highest BCUT2D eigenvalue weighted by atomic mass is 28.3. The summed E-state index contributed by atoms with van der Waals surface area (Å²) in [6.45, 7) is 16.4. The molecule has 2 nitrogen and oxygen atoms in total. The third kappa shape index (κ3) is 2.88. The molecule has 0 saturated heterocycles. The number of pyridine rings is 1. The number of rotatable bonds is 2. The standard InChI is InChI=1S/C30H31NOSi/c1-17-8-10-19-15-31-27-21-12-9-18(2)28-24(21)25-23(30(3,4)26(27)22(19)14-17)13-11-20(29(25)32-28)16-33(5,6)7/h8-15H,16H2,1-7H3. The molecule has 1 aliphatic carbocycles. The van der Waals surface area contributed by atoms with Crippen LogP contribution in [0.4, 0.5) is 0 Å². The maximum atomic E-state index is 6.73. The molecule has 1 aliphatic rings. The minimum Gasteiger partial charge on any atom is -0.455 e. The fourth-order valence-corrected chi connectivity index (χ4v) is 7.31. The zero-order valence-electron chi connectivity index (χ0n) is 20.7. The molecule has 2 aromatic heterocycles. The Morgan fingerprint density at radius 1 is 0.909 bits per heavy atom. The smallest absolute Gasteiger partial charge is 0.139 e. The van der Waals surface area contributed by atoms with Crippen molar-refractivity contribution < 1.29 is 4.42 Å². The lowest BCUT2D eigenvalue weighted by atomic mass is 9.74.